The van der Waals surface area contributed by atoms with Crippen LogP contribution in [0.3, 0.4) is 0 Å². The molecule has 1 aromatic rings. The smallest absolute Gasteiger partial charge is 0.398 e. The first-order chi connectivity index (χ1) is 10.7. The lowest BCUT2D eigenvalue weighted by Crippen LogP contribution is -2.56. The van der Waals surface area contributed by atoms with E-state index in [0.29, 0.717) is 12.8 Å². The Kier molecular flexibility index (Phi) is 4.65. The maximum absolute atomic E-state index is 13.3. The first-order valence-electron chi connectivity index (χ1n) is 7.25. The molecule has 0 aliphatic carbocycles. The van der Waals surface area contributed by atoms with Crippen LogP contribution in [0.5, 0.6) is 0 Å². The van der Waals surface area contributed by atoms with E-state index in [4.69, 9.17) is 5.73 Å². The van der Waals surface area contributed by atoms with E-state index >= 15 is 0 Å². The quantitative estimate of drug-likeness (QED) is 0.834. The Morgan fingerprint density at radius 3 is 2.65 bits per heavy atom. The fourth-order valence-corrected chi connectivity index (χ4v) is 2.38. The lowest BCUT2D eigenvalue weighted by molar-refractivity contribution is -0.297. The minimum atomic E-state index is -5.02. The minimum absolute atomic E-state index is 0.0271. The molecular formula is C15H18F3N3O2. The summed E-state index contributed by atoms with van der Waals surface area (Å²) in [6.45, 7) is 1.89. The van der Waals surface area contributed by atoms with Crippen LogP contribution in [0.15, 0.2) is 29.4 Å². The molecule has 126 valence electrons. The molecule has 8 heteroatoms. The Labute approximate surface area is 131 Å². The number of amides is 1. The lowest BCUT2D eigenvalue weighted by Gasteiger charge is -2.32. The first-order valence-corrected chi connectivity index (χ1v) is 7.25. The molecule has 23 heavy (non-hydrogen) atoms. The summed E-state index contributed by atoms with van der Waals surface area (Å²) in [7, 11) is 0. The van der Waals surface area contributed by atoms with Gasteiger partial charge in [0.2, 0.25) is 0 Å². The lowest BCUT2D eigenvalue weighted by atomic mass is 10.0. The normalized spacial score (nSPS) is 21.4. The predicted octanol–water partition coefficient (Wildman–Crippen LogP) is 2.91. The van der Waals surface area contributed by atoms with Gasteiger partial charge in [-0.05, 0) is 25.0 Å². The third-order valence-corrected chi connectivity index (χ3v) is 3.70. The van der Waals surface area contributed by atoms with E-state index in [9.17, 15) is 23.1 Å². The molecule has 0 aromatic heterocycles. The van der Waals surface area contributed by atoms with Crippen molar-refractivity contribution in [2.24, 2.45) is 5.10 Å². The second kappa shape index (κ2) is 6.19. The van der Waals surface area contributed by atoms with Gasteiger partial charge in [0.25, 0.3) is 11.6 Å². The molecule has 1 aliphatic heterocycles. The van der Waals surface area contributed by atoms with E-state index in [1.54, 1.807) is 6.07 Å². The average molecular weight is 329 g/mol. The number of aliphatic hydroxyl groups is 1. The van der Waals surface area contributed by atoms with E-state index in [1.807, 2.05) is 6.92 Å². The molecule has 0 spiro atoms. The summed E-state index contributed by atoms with van der Waals surface area (Å²) in [5.41, 5.74) is 2.35. The summed E-state index contributed by atoms with van der Waals surface area (Å²) in [6, 6.07) is 5.74. The number of halogens is 3. The van der Waals surface area contributed by atoms with Crippen LogP contribution in [0.1, 0.15) is 43.0 Å². The van der Waals surface area contributed by atoms with Crippen molar-refractivity contribution in [3.05, 3.63) is 29.8 Å². The van der Waals surface area contributed by atoms with E-state index in [0.717, 1.165) is 6.42 Å². The molecule has 3 N–H and O–H groups in total. The van der Waals surface area contributed by atoms with E-state index in [-0.39, 0.29) is 22.0 Å². The van der Waals surface area contributed by atoms with Crippen LogP contribution in [0.2, 0.25) is 0 Å². The molecule has 1 atom stereocenters. The number of nitrogen functional groups attached to an aromatic ring is 1. The van der Waals surface area contributed by atoms with Gasteiger partial charge in [-0.25, -0.2) is 0 Å². The molecule has 0 radical (unpaired) electrons. The Morgan fingerprint density at radius 1 is 1.43 bits per heavy atom. The van der Waals surface area contributed by atoms with E-state index in [1.165, 1.54) is 18.2 Å². The number of hydrazone groups is 1. The van der Waals surface area contributed by atoms with Crippen LogP contribution < -0.4 is 5.73 Å². The van der Waals surface area contributed by atoms with Crippen molar-refractivity contribution in [2.75, 3.05) is 5.73 Å². The zero-order chi connectivity index (χ0) is 17.3. The number of carbonyl (C=O) groups excluding carboxylic acids is 1. The molecule has 0 saturated heterocycles. The zero-order valence-electron chi connectivity index (χ0n) is 12.6. The van der Waals surface area contributed by atoms with Gasteiger partial charge in [-0.1, -0.05) is 25.5 Å². The van der Waals surface area contributed by atoms with Crippen molar-refractivity contribution < 1.29 is 23.1 Å². The highest BCUT2D eigenvalue weighted by molar-refractivity contribution is 6.01. The first kappa shape index (κ1) is 17.3. The highest BCUT2D eigenvalue weighted by Gasteiger charge is 2.63. The van der Waals surface area contributed by atoms with Crippen molar-refractivity contribution >= 4 is 17.3 Å². The molecule has 0 fully saturated rings. The Hall–Kier alpha value is -2.09. The van der Waals surface area contributed by atoms with Crippen molar-refractivity contribution in [3.8, 4) is 0 Å². The molecule has 1 amide bonds. The average Bonchev–Trinajstić information content (AvgIpc) is 2.83. The number of hydrogen-bond acceptors (Lipinski definition) is 4. The standard InChI is InChI=1S/C15H18F3N3O2/c1-2-3-6-10-9-14(23,15(16,17)18)21(20-10)13(22)11-7-4-5-8-12(11)19/h4-5,7-8,23H,2-3,6,9,19H2,1H3/t14-/m0/s1. The number of anilines is 1. The third kappa shape index (κ3) is 3.17. The third-order valence-electron chi connectivity index (χ3n) is 3.70. The van der Waals surface area contributed by atoms with Gasteiger partial charge in [0.15, 0.2) is 0 Å². The van der Waals surface area contributed by atoms with Crippen LogP contribution in [0.25, 0.3) is 0 Å². The summed E-state index contributed by atoms with van der Waals surface area (Å²) in [6.07, 6.45) is -4.08. The van der Waals surface area contributed by atoms with Gasteiger partial charge in [-0.2, -0.15) is 23.3 Å². The molecule has 1 aromatic carbocycles. The van der Waals surface area contributed by atoms with Crippen molar-refractivity contribution in [1.82, 2.24) is 5.01 Å². The number of para-hydroxylation sites is 1. The number of nitrogens with zero attached hydrogens (tertiary/aromatic N) is 2. The van der Waals surface area contributed by atoms with Crippen molar-refractivity contribution in [2.45, 2.75) is 44.5 Å². The van der Waals surface area contributed by atoms with E-state index < -0.39 is 24.2 Å². The molecule has 5 nitrogen and oxygen atoms in total. The van der Waals surface area contributed by atoms with Gasteiger partial charge in [0, 0.05) is 17.8 Å². The van der Waals surface area contributed by atoms with Crippen LogP contribution in [-0.2, 0) is 0 Å². The summed E-state index contributed by atoms with van der Waals surface area (Å²) in [5.74, 6) is -1.07. The highest BCUT2D eigenvalue weighted by Crippen LogP contribution is 2.41. The van der Waals surface area contributed by atoms with Gasteiger partial charge in [-0.3, -0.25) is 4.79 Å². The number of carbonyl (C=O) groups is 1. The van der Waals surface area contributed by atoms with Crippen molar-refractivity contribution in [3.63, 3.8) is 0 Å². The Bertz CT molecular complexity index is 631. The summed E-state index contributed by atoms with van der Waals surface area (Å²) in [5, 5.41) is 14.0. The Balaban J connectivity index is 2.40. The minimum Gasteiger partial charge on any atom is -0.398 e. The van der Waals surface area contributed by atoms with Crippen LogP contribution in [-0.4, -0.2) is 33.6 Å². The molecule has 1 heterocycles. The van der Waals surface area contributed by atoms with Gasteiger partial charge in [0.1, 0.15) is 0 Å². The number of hydrogen-bond donors (Lipinski definition) is 2. The maximum Gasteiger partial charge on any atom is 0.438 e. The second-order valence-corrected chi connectivity index (χ2v) is 5.47. The zero-order valence-corrected chi connectivity index (χ0v) is 12.6. The molecule has 2 rings (SSSR count). The van der Waals surface area contributed by atoms with Crippen molar-refractivity contribution in [1.29, 1.82) is 0 Å². The van der Waals surface area contributed by atoms with Gasteiger partial charge < -0.3 is 10.8 Å². The summed E-state index contributed by atoms with van der Waals surface area (Å²) < 4.78 is 40.0. The maximum atomic E-state index is 13.3. The van der Waals surface area contributed by atoms with Gasteiger partial charge in [-0.15, -0.1) is 0 Å². The summed E-state index contributed by atoms with van der Waals surface area (Å²) >= 11 is 0. The van der Waals surface area contributed by atoms with Crippen LogP contribution in [0.4, 0.5) is 18.9 Å². The molecule has 0 saturated carbocycles. The fourth-order valence-electron chi connectivity index (χ4n) is 2.38. The van der Waals surface area contributed by atoms with Crippen LogP contribution >= 0.6 is 0 Å². The number of alkyl halides is 3. The number of rotatable bonds is 4. The molecular weight excluding hydrogens is 311 g/mol. The molecule has 0 bridgehead atoms. The predicted molar refractivity (Wildman–Crippen MR) is 79.6 cm³/mol. The highest BCUT2D eigenvalue weighted by atomic mass is 19.4. The fraction of sp³-hybridized carbons (Fsp3) is 0.467. The largest absolute Gasteiger partial charge is 0.438 e. The molecule has 1 aliphatic rings. The second-order valence-electron chi connectivity index (χ2n) is 5.47. The monoisotopic (exact) mass is 329 g/mol. The number of benzene rings is 1. The number of unbranched alkanes of at least 4 members (excludes halogenated alkanes) is 1. The SMILES string of the molecule is CCCCC1=NN(C(=O)c2ccccc2N)[C@@](O)(C(F)(F)F)C1. The Morgan fingerprint density at radius 2 is 2.09 bits per heavy atom. The van der Waals surface area contributed by atoms with Gasteiger partial charge >= 0.3 is 6.18 Å². The molecule has 0 unspecified atom stereocenters. The topological polar surface area (TPSA) is 78.9 Å². The summed E-state index contributed by atoms with van der Waals surface area (Å²) in [4.78, 5) is 12.4. The number of nitrogens with two attached hydrogens (primary N) is 1. The van der Waals surface area contributed by atoms with Gasteiger partial charge in [0.05, 0.1) is 5.56 Å². The van der Waals surface area contributed by atoms with E-state index in [2.05, 4.69) is 5.10 Å². The van der Waals surface area contributed by atoms with Crippen LogP contribution in [0, 0.1) is 0 Å².